The van der Waals surface area contributed by atoms with E-state index >= 15 is 0 Å². The van der Waals surface area contributed by atoms with Gasteiger partial charge in [-0.3, -0.25) is 4.79 Å². The van der Waals surface area contributed by atoms with Crippen LogP contribution < -0.4 is 5.32 Å². The molecule has 80 valence electrons. The van der Waals surface area contributed by atoms with Gasteiger partial charge in [-0.15, -0.1) is 0 Å². The standard InChI is InChI=1S/C11H14N2OS/c1-8(14)9-5-4-6-10(7-9)12-11(15)13(2)3/h4-7H,1-3H3,(H,12,15). The third-order valence-corrected chi connectivity index (χ3v) is 2.39. The molecule has 0 aliphatic heterocycles. The zero-order chi connectivity index (χ0) is 11.4. The molecule has 0 aliphatic rings. The normalized spacial score (nSPS) is 9.53. The molecule has 0 saturated heterocycles. The number of nitrogens with one attached hydrogen (secondary N) is 1. The van der Waals surface area contributed by atoms with Crippen LogP contribution in [0.2, 0.25) is 0 Å². The smallest absolute Gasteiger partial charge is 0.172 e. The van der Waals surface area contributed by atoms with Crippen molar-refractivity contribution in [2.45, 2.75) is 6.92 Å². The Labute approximate surface area is 95.1 Å². The quantitative estimate of drug-likeness (QED) is 0.614. The first-order valence-electron chi connectivity index (χ1n) is 4.60. The molecule has 4 heteroatoms. The minimum atomic E-state index is 0.0504. The van der Waals surface area contributed by atoms with Crippen molar-refractivity contribution in [1.29, 1.82) is 0 Å². The summed E-state index contributed by atoms with van der Waals surface area (Å²) in [5, 5.41) is 3.66. The fourth-order valence-corrected chi connectivity index (χ4v) is 1.17. The Morgan fingerprint density at radius 2 is 2.07 bits per heavy atom. The van der Waals surface area contributed by atoms with Crippen LogP contribution in [0, 0.1) is 0 Å². The minimum Gasteiger partial charge on any atom is -0.355 e. The monoisotopic (exact) mass is 222 g/mol. The van der Waals surface area contributed by atoms with E-state index in [9.17, 15) is 4.79 Å². The maximum atomic E-state index is 11.1. The number of thiocarbonyl (C=S) groups is 1. The van der Waals surface area contributed by atoms with Crippen LogP contribution in [-0.4, -0.2) is 29.9 Å². The number of benzene rings is 1. The number of carbonyl (C=O) groups excluding carboxylic acids is 1. The Bertz CT molecular complexity index is 388. The molecule has 1 rings (SSSR count). The van der Waals surface area contributed by atoms with Crippen molar-refractivity contribution in [2.75, 3.05) is 19.4 Å². The number of hydrogen-bond acceptors (Lipinski definition) is 2. The van der Waals surface area contributed by atoms with E-state index in [0.29, 0.717) is 10.7 Å². The van der Waals surface area contributed by atoms with Crippen molar-refractivity contribution in [1.82, 2.24) is 4.90 Å². The lowest BCUT2D eigenvalue weighted by Crippen LogP contribution is -2.27. The largest absolute Gasteiger partial charge is 0.355 e. The summed E-state index contributed by atoms with van der Waals surface area (Å²) in [5.41, 5.74) is 1.52. The van der Waals surface area contributed by atoms with E-state index in [1.54, 1.807) is 24.0 Å². The zero-order valence-corrected chi connectivity index (χ0v) is 9.89. The summed E-state index contributed by atoms with van der Waals surface area (Å²) >= 11 is 5.10. The first-order valence-corrected chi connectivity index (χ1v) is 5.01. The first-order chi connectivity index (χ1) is 7.00. The van der Waals surface area contributed by atoms with E-state index in [4.69, 9.17) is 12.2 Å². The maximum Gasteiger partial charge on any atom is 0.172 e. The van der Waals surface area contributed by atoms with Gasteiger partial charge in [-0.05, 0) is 31.3 Å². The summed E-state index contributed by atoms with van der Waals surface area (Å²) in [6.07, 6.45) is 0. The molecule has 0 spiro atoms. The van der Waals surface area contributed by atoms with E-state index in [0.717, 1.165) is 5.69 Å². The average Bonchev–Trinajstić information content (AvgIpc) is 2.18. The average molecular weight is 222 g/mol. The lowest BCUT2D eigenvalue weighted by molar-refractivity contribution is 0.101. The predicted molar refractivity (Wildman–Crippen MR) is 66.4 cm³/mol. The van der Waals surface area contributed by atoms with Crippen LogP contribution in [0.25, 0.3) is 0 Å². The molecule has 0 fully saturated rings. The van der Waals surface area contributed by atoms with Crippen molar-refractivity contribution < 1.29 is 4.79 Å². The third kappa shape index (κ3) is 3.32. The van der Waals surface area contributed by atoms with E-state index in [1.165, 1.54) is 0 Å². The van der Waals surface area contributed by atoms with Gasteiger partial charge in [0.05, 0.1) is 0 Å². The van der Waals surface area contributed by atoms with Crippen LogP contribution in [-0.2, 0) is 0 Å². The Kier molecular flexibility index (Phi) is 3.80. The minimum absolute atomic E-state index is 0.0504. The van der Waals surface area contributed by atoms with Crippen molar-refractivity contribution in [3.63, 3.8) is 0 Å². The van der Waals surface area contributed by atoms with Crippen LogP contribution in [0.3, 0.4) is 0 Å². The molecular weight excluding hydrogens is 208 g/mol. The van der Waals surface area contributed by atoms with Crippen LogP contribution in [0.1, 0.15) is 17.3 Å². The molecular formula is C11H14N2OS. The highest BCUT2D eigenvalue weighted by Crippen LogP contribution is 2.11. The first kappa shape index (κ1) is 11.7. The SMILES string of the molecule is CC(=O)c1cccc(NC(=S)N(C)C)c1. The number of carbonyl (C=O) groups is 1. The van der Waals surface area contributed by atoms with Gasteiger partial charge >= 0.3 is 0 Å². The fourth-order valence-electron chi connectivity index (χ4n) is 1.05. The maximum absolute atomic E-state index is 11.1. The molecule has 0 aliphatic carbocycles. The molecule has 0 unspecified atom stereocenters. The van der Waals surface area contributed by atoms with Crippen molar-refractivity contribution in [3.8, 4) is 0 Å². The fraction of sp³-hybridized carbons (Fsp3) is 0.273. The number of Topliss-reactive ketones (excluding diaryl/α,β-unsaturated/α-hetero) is 1. The summed E-state index contributed by atoms with van der Waals surface area (Å²) in [7, 11) is 3.73. The molecule has 3 nitrogen and oxygen atoms in total. The summed E-state index contributed by atoms with van der Waals surface area (Å²) < 4.78 is 0. The summed E-state index contributed by atoms with van der Waals surface area (Å²) in [6, 6.07) is 7.28. The van der Waals surface area contributed by atoms with Gasteiger partial charge in [0.15, 0.2) is 10.9 Å². The highest BCUT2D eigenvalue weighted by atomic mass is 32.1. The van der Waals surface area contributed by atoms with Gasteiger partial charge < -0.3 is 10.2 Å². The Hall–Kier alpha value is -1.42. The van der Waals surface area contributed by atoms with E-state index in [-0.39, 0.29) is 5.78 Å². The highest BCUT2D eigenvalue weighted by molar-refractivity contribution is 7.80. The molecule has 0 heterocycles. The zero-order valence-electron chi connectivity index (χ0n) is 9.07. The molecule has 15 heavy (non-hydrogen) atoms. The van der Waals surface area contributed by atoms with Crippen LogP contribution in [0.5, 0.6) is 0 Å². The molecule has 1 N–H and O–H groups in total. The second-order valence-electron chi connectivity index (χ2n) is 3.46. The van der Waals surface area contributed by atoms with Gasteiger partial charge in [0.2, 0.25) is 0 Å². The third-order valence-electron chi connectivity index (χ3n) is 1.93. The molecule has 0 aromatic heterocycles. The summed E-state index contributed by atoms with van der Waals surface area (Å²) in [6.45, 7) is 1.55. The van der Waals surface area contributed by atoms with Crippen LogP contribution in [0.4, 0.5) is 5.69 Å². The van der Waals surface area contributed by atoms with Crippen molar-refractivity contribution >= 4 is 28.8 Å². The van der Waals surface area contributed by atoms with Gasteiger partial charge in [-0.1, -0.05) is 12.1 Å². The lowest BCUT2D eigenvalue weighted by Gasteiger charge is -2.15. The van der Waals surface area contributed by atoms with Crippen LogP contribution >= 0.6 is 12.2 Å². The van der Waals surface area contributed by atoms with Gasteiger partial charge in [-0.25, -0.2) is 0 Å². The summed E-state index contributed by atoms with van der Waals surface area (Å²) in [4.78, 5) is 12.9. The number of rotatable bonds is 2. The number of ketones is 1. The molecule has 0 amide bonds. The number of hydrogen-bond donors (Lipinski definition) is 1. The number of nitrogens with zero attached hydrogens (tertiary/aromatic N) is 1. The highest BCUT2D eigenvalue weighted by Gasteiger charge is 2.02. The second kappa shape index (κ2) is 4.89. The molecule has 0 saturated carbocycles. The summed E-state index contributed by atoms with van der Waals surface area (Å²) in [5.74, 6) is 0.0504. The van der Waals surface area contributed by atoms with E-state index in [1.807, 2.05) is 26.2 Å². The molecule has 1 aromatic rings. The van der Waals surface area contributed by atoms with Gasteiger partial charge in [-0.2, -0.15) is 0 Å². The Balaban J connectivity index is 2.83. The van der Waals surface area contributed by atoms with Gasteiger partial charge in [0.1, 0.15) is 0 Å². The molecule has 0 bridgehead atoms. The number of anilines is 1. The predicted octanol–water partition coefficient (Wildman–Crippen LogP) is 2.15. The molecule has 0 radical (unpaired) electrons. The Morgan fingerprint density at radius 3 is 2.60 bits per heavy atom. The van der Waals surface area contributed by atoms with Crippen molar-refractivity contribution in [2.24, 2.45) is 0 Å². The van der Waals surface area contributed by atoms with E-state index in [2.05, 4.69) is 5.32 Å². The van der Waals surface area contributed by atoms with E-state index < -0.39 is 0 Å². The molecule has 0 atom stereocenters. The lowest BCUT2D eigenvalue weighted by atomic mass is 10.1. The topological polar surface area (TPSA) is 32.3 Å². The van der Waals surface area contributed by atoms with Gasteiger partial charge in [0.25, 0.3) is 0 Å². The Morgan fingerprint density at radius 1 is 1.40 bits per heavy atom. The van der Waals surface area contributed by atoms with Gasteiger partial charge in [0, 0.05) is 25.3 Å². The second-order valence-corrected chi connectivity index (χ2v) is 3.85. The van der Waals surface area contributed by atoms with Crippen molar-refractivity contribution in [3.05, 3.63) is 29.8 Å². The van der Waals surface area contributed by atoms with Crippen LogP contribution in [0.15, 0.2) is 24.3 Å². The molecule has 1 aromatic carbocycles.